The van der Waals surface area contributed by atoms with E-state index in [0.29, 0.717) is 6.04 Å². The molecule has 2 heterocycles. The first-order valence-electron chi connectivity index (χ1n) is 5.23. The minimum atomic E-state index is -0.279. The fourth-order valence-corrected chi connectivity index (χ4v) is 1.62. The summed E-state index contributed by atoms with van der Waals surface area (Å²) in [6.07, 6.45) is 5.35. The zero-order chi connectivity index (χ0) is 11.7. The van der Waals surface area contributed by atoms with E-state index in [1.165, 1.54) is 0 Å². The van der Waals surface area contributed by atoms with Gasteiger partial charge in [-0.15, -0.1) is 10.2 Å². The summed E-state index contributed by atoms with van der Waals surface area (Å²) in [5, 5.41) is 12.1. The van der Waals surface area contributed by atoms with Gasteiger partial charge in [-0.2, -0.15) is 5.10 Å². The molecule has 2 rings (SSSR count). The molecule has 0 aliphatic rings. The van der Waals surface area contributed by atoms with Gasteiger partial charge in [0, 0.05) is 24.8 Å². The summed E-state index contributed by atoms with van der Waals surface area (Å²) in [5.74, 6) is 0.767. The third kappa shape index (κ3) is 1.83. The maximum atomic E-state index is 6.14. The van der Waals surface area contributed by atoms with E-state index in [4.69, 9.17) is 5.73 Å². The van der Waals surface area contributed by atoms with E-state index < -0.39 is 0 Å². The summed E-state index contributed by atoms with van der Waals surface area (Å²) in [5.41, 5.74) is 7.08. The molecule has 6 heteroatoms. The molecule has 0 aliphatic carbocycles. The molecule has 1 unspecified atom stereocenters. The van der Waals surface area contributed by atoms with Crippen molar-refractivity contribution in [1.29, 1.82) is 0 Å². The summed E-state index contributed by atoms with van der Waals surface area (Å²) in [4.78, 5) is 0. The number of rotatable bonds is 3. The lowest BCUT2D eigenvalue weighted by molar-refractivity contribution is 0.552. The van der Waals surface area contributed by atoms with Crippen molar-refractivity contribution in [2.75, 3.05) is 0 Å². The highest BCUT2D eigenvalue weighted by Crippen LogP contribution is 2.19. The molecule has 0 saturated carbocycles. The first kappa shape index (κ1) is 10.8. The molecule has 6 nitrogen and oxygen atoms in total. The molecule has 0 fully saturated rings. The largest absolute Gasteiger partial charge is 0.318 e. The van der Waals surface area contributed by atoms with Crippen molar-refractivity contribution in [3.8, 4) is 0 Å². The van der Waals surface area contributed by atoms with Crippen molar-refractivity contribution in [2.24, 2.45) is 12.8 Å². The van der Waals surface area contributed by atoms with Crippen molar-refractivity contribution >= 4 is 0 Å². The fourth-order valence-electron chi connectivity index (χ4n) is 1.62. The van der Waals surface area contributed by atoms with Gasteiger partial charge in [-0.1, -0.05) is 0 Å². The highest BCUT2D eigenvalue weighted by molar-refractivity contribution is 5.18. The van der Waals surface area contributed by atoms with Gasteiger partial charge in [0.05, 0.1) is 12.2 Å². The summed E-state index contributed by atoms with van der Waals surface area (Å²) < 4.78 is 3.70. The van der Waals surface area contributed by atoms with E-state index >= 15 is 0 Å². The predicted octanol–water partition coefficient (Wildman–Crippen LogP) is 0.641. The van der Waals surface area contributed by atoms with Gasteiger partial charge >= 0.3 is 0 Å². The second-order valence-electron chi connectivity index (χ2n) is 4.12. The number of hydrogen-bond acceptors (Lipinski definition) is 4. The van der Waals surface area contributed by atoms with Crippen LogP contribution in [0.3, 0.4) is 0 Å². The van der Waals surface area contributed by atoms with Crippen LogP contribution in [-0.4, -0.2) is 24.5 Å². The summed E-state index contributed by atoms with van der Waals surface area (Å²) >= 11 is 0. The van der Waals surface area contributed by atoms with Crippen molar-refractivity contribution in [3.63, 3.8) is 0 Å². The third-order valence-corrected chi connectivity index (χ3v) is 2.52. The molecule has 2 aromatic rings. The van der Waals surface area contributed by atoms with Crippen molar-refractivity contribution < 1.29 is 0 Å². The van der Waals surface area contributed by atoms with Gasteiger partial charge in [-0.3, -0.25) is 4.68 Å². The highest BCUT2D eigenvalue weighted by atomic mass is 15.3. The lowest BCUT2D eigenvalue weighted by Crippen LogP contribution is -2.18. The van der Waals surface area contributed by atoms with E-state index in [1.54, 1.807) is 17.2 Å². The number of aromatic nitrogens is 5. The average Bonchev–Trinajstić information content (AvgIpc) is 2.84. The van der Waals surface area contributed by atoms with Gasteiger partial charge in [0.15, 0.2) is 5.82 Å². The summed E-state index contributed by atoms with van der Waals surface area (Å²) in [7, 11) is 1.86. The highest BCUT2D eigenvalue weighted by Gasteiger charge is 2.18. The first-order chi connectivity index (χ1) is 7.59. The van der Waals surface area contributed by atoms with E-state index in [2.05, 4.69) is 29.1 Å². The van der Waals surface area contributed by atoms with E-state index in [1.807, 2.05) is 17.8 Å². The second kappa shape index (κ2) is 4.05. The normalized spacial score (nSPS) is 13.3. The lowest BCUT2D eigenvalue weighted by atomic mass is 10.1. The van der Waals surface area contributed by atoms with E-state index in [9.17, 15) is 0 Å². The lowest BCUT2D eigenvalue weighted by Gasteiger charge is -2.14. The fraction of sp³-hybridized carbons (Fsp3) is 0.500. The molecule has 0 aliphatic heterocycles. The molecule has 16 heavy (non-hydrogen) atoms. The second-order valence-corrected chi connectivity index (χ2v) is 4.12. The van der Waals surface area contributed by atoms with Crippen molar-refractivity contribution in [2.45, 2.75) is 25.9 Å². The maximum Gasteiger partial charge on any atom is 0.154 e. The molecular formula is C10H16N6. The van der Waals surface area contributed by atoms with Crippen LogP contribution < -0.4 is 5.73 Å². The summed E-state index contributed by atoms with van der Waals surface area (Å²) in [6, 6.07) is 0.0197. The van der Waals surface area contributed by atoms with Gasteiger partial charge in [0.1, 0.15) is 6.33 Å². The standard InChI is InChI=1S/C10H16N6/c1-7(2)16-6-12-14-10(16)9(11)8-4-13-15(3)5-8/h4-7,9H,11H2,1-3H3. The molecular weight excluding hydrogens is 204 g/mol. The molecule has 0 bridgehead atoms. The SMILES string of the molecule is CC(C)n1cnnc1C(N)c1cnn(C)c1. The molecule has 1 atom stereocenters. The van der Waals surface area contributed by atoms with Crippen LogP contribution >= 0.6 is 0 Å². The Morgan fingerprint density at radius 2 is 2.12 bits per heavy atom. The number of nitrogens with two attached hydrogens (primary N) is 1. The van der Waals surface area contributed by atoms with Crippen LogP contribution in [0.15, 0.2) is 18.7 Å². The Bertz CT molecular complexity index is 469. The van der Waals surface area contributed by atoms with Gasteiger partial charge in [-0.05, 0) is 13.8 Å². The average molecular weight is 220 g/mol. The van der Waals surface area contributed by atoms with Crippen LogP contribution in [-0.2, 0) is 7.05 Å². The zero-order valence-electron chi connectivity index (χ0n) is 9.70. The number of hydrogen-bond donors (Lipinski definition) is 1. The van der Waals surface area contributed by atoms with Crippen LogP contribution in [0.1, 0.15) is 37.3 Å². The molecule has 86 valence electrons. The molecule has 0 saturated heterocycles. The van der Waals surface area contributed by atoms with Crippen LogP contribution in [0, 0.1) is 0 Å². The van der Waals surface area contributed by atoms with Crippen LogP contribution in [0.25, 0.3) is 0 Å². The Balaban J connectivity index is 2.33. The van der Waals surface area contributed by atoms with Gasteiger partial charge in [0.2, 0.25) is 0 Å². The minimum absolute atomic E-state index is 0.279. The smallest absolute Gasteiger partial charge is 0.154 e. The number of nitrogens with zero attached hydrogens (tertiary/aromatic N) is 5. The van der Waals surface area contributed by atoms with Crippen LogP contribution in [0.5, 0.6) is 0 Å². The minimum Gasteiger partial charge on any atom is -0.318 e. The van der Waals surface area contributed by atoms with E-state index in [0.717, 1.165) is 11.4 Å². The third-order valence-electron chi connectivity index (χ3n) is 2.52. The van der Waals surface area contributed by atoms with Crippen LogP contribution in [0.2, 0.25) is 0 Å². The zero-order valence-corrected chi connectivity index (χ0v) is 9.70. The molecule has 0 aromatic carbocycles. The Hall–Kier alpha value is -1.69. The molecule has 0 spiro atoms. The topological polar surface area (TPSA) is 74.6 Å². The maximum absolute atomic E-state index is 6.14. The Morgan fingerprint density at radius 1 is 1.38 bits per heavy atom. The number of aryl methyl sites for hydroxylation is 1. The Morgan fingerprint density at radius 3 is 2.69 bits per heavy atom. The predicted molar refractivity (Wildman–Crippen MR) is 59.6 cm³/mol. The van der Waals surface area contributed by atoms with Gasteiger partial charge < -0.3 is 10.3 Å². The molecule has 2 N–H and O–H groups in total. The van der Waals surface area contributed by atoms with Crippen LogP contribution in [0.4, 0.5) is 0 Å². The molecule has 0 radical (unpaired) electrons. The molecule has 0 amide bonds. The quantitative estimate of drug-likeness (QED) is 0.823. The monoisotopic (exact) mass is 220 g/mol. The van der Waals surface area contributed by atoms with Crippen molar-refractivity contribution in [3.05, 3.63) is 30.1 Å². The van der Waals surface area contributed by atoms with Crippen molar-refractivity contribution in [1.82, 2.24) is 24.5 Å². The van der Waals surface area contributed by atoms with E-state index in [-0.39, 0.29) is 6.04 Å². The Kier molecular flexibility index (Phi) is 2.74. The first-order valence-corrected chi connectivity index (χ1v) is 5.23. The Labute approximate surface area is 94.1 Å². The van der Waals surface area contributed by atoms with Gasteiger partial charge in [-0.25, -0.2) is 0 Å². The molecule has 2 aromatic heterocycles. The van der Waals surface area contributed by atoms with Gasteiger partial charge in [0.25, 0.3) is 0 Å². The summed E-state index contributed by atoms with van der Waals surface area (Å²) in [6.45, 7) is 4.14.